The highest BCUT2D eigenvalue weighted by Crippen LogP contribution is 2.20. The first-order chi connectivity index (χ1) is 4.88. The number of fused-ring (bicyclic) bond motifs is 1. The second-order valence-corrected chi connectivity index (χ2v) is 3.08. The predicted octanol–water partition coefficient (Wildman–Crippen LogP) is 2.00. The summed E-state index contributed by atoms with van der Waals surface area (Å²) < 4.78 is 1.25. The molecule has 0 unspecified atom stereocenters. The molecule has 0 saturated heterocycles. The molecule has 2 aromatic heterocycles. The highest BCUT2D eigenvalue weighted by atomic mass is 32.1. The summed E-state index contributed by atoms with van der Waals surface area (Å²) in [6.45, 7) is 2.05. The number of rotatable bonds is 0. The van der Waals surface area contributed by atoms with Gasteiger partial charge in [0.25, 0.3) is 0 Å². The largest absolute Gasteiger partial charge is 0.158 e. The van der Waals surface area contributed by atoms with Gasteiger partial charge in [-0.25, -0.2) is 0 Å². The van der Waals surface area contributed by atoms with E-state index in [9.17, 15) is 0 Å². The van der Waals surface area contributed by atoms with Crippen LogP contribution in [0.15, 0.2) is 17.6 Å². The van der Waals surface area contributed by atoms with Crippen LogP contribution in [-0.2, 0) is 0 Å². The van der Waals surface area contributed by atoms with Crippen LogP contribution in [0.5, 0.6) is 0 Å². The van der Waals surface area contributed by atoms with E-state index in [4.69, 9.17) is 0 Å². The van der Waals surface area contributed by atoms with Gasteiger partial charge in [-0.3, -0.25) is 0 Å². The maximum atomic E-state index is 3.96. The first-order valence-electron chi connectivity index (χ1n) is 3.03. The molecular formula is C7H6N2S. The third-order valence-electron chi connectivity index (χ3n) is 1.42. The van der Waals surface area contributed by atoms with Crippen molar-refractivity contribution in [3.63, 3.8) is 0 Å². The molecular weight excluding hydrogens is 144 g/mol. The lowest BCUT2D eigenvalue weighted by Gasteiger charge is -1.89. The van der Waals surface area contributed by atoms with Crippen molar-refractivity contribution in [2.24, 2.45) is 0 Å². The van der Waals surface area contributed by atoms with Gasteiger partial charge in [-0.05, 0) is 23.9 Å². The molecule has 0 atom stereocenters. The molecule has 2 nitrogen and oxygen atoms in total. The molecule has 0 aromatic carbocycles. The van der Waals surface area contributed by atoms with Crippen LogP contribution in [0.3, 0.4) is 0 Å². The molecule has 2 rings (SSSR count). The third kappa shape index (κ3) is 0.708. The molecule has 50 valence electrons. The summed E-state index contributed by atoms with van der Waals surface area (Å²) in [6.07, 6.45) is 1.79. The molecule has 0 aliphatic carbocycles. The zero-order valence-corrected chi connectivity index (χ0v) is 6.35. The first-order valence-corrected chi connectivity index (χ1v) is 3.91. The van der Waals surface area contributed by atoms with Crippen LogP contribution >= 0.6 is 11.3 Å². The minimum atomic E-state index is 1.00. The molecule has 2 aromatic rings. The van der Waals surface area contributed by atoms with Gasteiger partial charge in [0.1, 0.15) is 5.52 Å². The average molecular weight is 150 g/mol. The van der Waals surface area contributed by atoms with E-state index in [1.165, 1.54) is 10.3 Å². The summed E-state index contributed by atoms with van der Waals surface area (Å²) >= 11 is 1.71. The van der Waals surface area contributed by atoms with E-state index in [0.29, 0.717) is 0 Å². The number of thiophene rings is 1. The zero-order chi connectivity index (χ0) is 6.97. The van der Waals surface area contributed by atoms with Crippen LogP contribution in [-0.4, -0.2) is 10.2 Å². The Morgan fingerprint density at radius 2 is 2.40 bits per heavy atom. The summed E-state index contributed by atoms with van der Waals surface area (Å²) in [6, 6.07) is 1.99. The fraction of sp³-hybridized carbons (Fsp3) is 0.143. The van der Waals surface area contributed by atoms with Crippen molar-refractivity contribution in [1.29, 1.82) is 0 Å². The monoisotopic (exact) mass is 150 g/mol. The molecule has 3 heteroatoms. The summed E-state index contributed by atoms with van der Waals surface area (Å²) in [5.41, 5.74) is 2.21. The summed E-state index contributed by atoms with van der Waals surface area (Å²) in [7, 11) is 0. The molecule has 0 amide bonds. The summed E-state index contributed by atoms with van der Waals surface area (Å²) in [5, 5.41) is 9.84. The number of aryl methyl sites for hydroxylation is 1. The van der Waals surface area contributed by atoms with Crippen molar-refractivity contribution >= 4 is 21.6 Å². The molecule has 0 N–H and O–H groups in total. The van der Waals surface area contributed by atoms with Crippen LogP contribution in [0.25, 0.3) is 10.2 Å². The Hall–Kier alpha value is -0.960. The van der Waals surface area contributed by atoms with Crippen molar-refractivity contribution < 1.29 is 0 Å². The maximum absolute atomic E-state index is 3.96. The maximum Gasteiger partial charge on any atom is 0.104 e. The van der Waals surface area contributed by atoms with Crippen molar-refractivity contribution in [2.45, 2.75) is 6.92 Å². The Kier molecular flexibility index (Phi) is 1.17. The second-order valence-electron chi connectivity index (χ2n) is 2.16. The minimum absolute atomic E-state index is 1.00. The molecule has 0 aliphatic heterocycles. The highest BCUT2D eigenvalue weighted by molar-refractivity contribution is 7.17. The minimum Gasteiger partial charge on any atom is -0.158 e. The van der Waals surface area contributed by atoms with Crippen LogP contribution < -0.4 is 0 Å². The lowest BCUT2D eigenvalue weighted by Crippen LogP contribution is -1.80. The molecule has 0 fully saturated rings. The van der Waals surface area contributed by atoms with Gasteiger partial charge in [-0.2, -0.15) is 5.10 Å². The van der Waals surface area contributed by atoms with Crippen molar-refractivity contribution in [3.8, 4) is 0 Å². The third-order valence-corrected chi connectivity index (χ3v) is 2.46. The Morgan fingerprint density at radius 1 is 1.50 bits per heavy atom. The van der Waals surface area contributed by atoms with Crippen LogP contribution in [0, 0.1) is 6.92 Å². The van der Waals surface area contributed by atoms with E-state index in [0.717, 1.165) is 5.52 Å². The van der Waals surface area contributed by atoms with Crippen molar-refractivity contribution in [2.75, 3.05) is 0 Å². The van der Waals surface area contributed by atoms with Gasteiger partial charge in [0.2, 0.25) is 0 Å². The number of hydrogen-bond acceptors (Lipinski definition) is 3. The molecule has 0 aliphatic rings. The second kappa shape index (κ2) is 2.02. The first kappa shape index (κ1) is 5.80. The van der Waals surface area contributed by atoms with E-state index in [1.54, 1.807) is 17.5 Å². The number of hydrogen-bond donors (Lipinski definition) is 0. The fourth-order valence-electron chi connectivity index (χ4n) is 0.913. The van der Waals surface area contributed by atoms with Crippen molar-refractivity contribution in [1.82, 2.24) is 10.2 Å². The lowest BCUT2D eigenvalue weighted by atomic mass is 10.3. The quantitative estimate of drug-likeness (QED) is 0.574. The van der Waals surface area contributed by atoms with Gasteiger partial charge in [0.05, 0.1) is 10.9 Å². The SMILES string of the molecule is Cc1cnnc2ccsc12. The van der Waals surface area contributed by atoms with E-state index in [2.05, 4.69) is 10.2 Å². The van der Waals surface area contributed by atoms with Gasteiger partial charge in [-0.1, -0.05) is 0 Å². The highest BCUT2D eigenvalue weighted by Gasteiger charge is 1.97. The van der Waals surface area contributed by atoms with Gasteiger partial charge >= 0.3 is 0 Å². The molecule has 0 bridgehead atoms. The molecule has 2 heterocycles. The van der Waals surface area contributed by atoms with E-state index >= 15 is 0 Å². The summed E-state index contributed by atoms with van der Waals surface area (Å²) in [4.78, 5) is 0. The van der Waals surface area contributed by atoms with E-state index < -0.39 is 0 Å². The normalized spacial score (nSPS) is 10.5. The molecule has 0 saturated carbocycles. The lowest BCUT2D eigenvalue weighted by molar-refractivity contribution is 1.07. The molecule has 10 heavy (non-hydrogen) atoms. The molecule has 0 spiro atoms. The van der Waals surface area contributed by atoms with Gasteiger partial charge < -0.3 is 0 Å². The average Bonchev–Trinajstić information content (AvgIpc) is 2.36. The van der Waals surface area contributed by atoms with Crippen molar-refractivity contribution in [3.05, 3.63) is 23.2 Å². The van der Waals surface area contributed by atoms with Gasteiger partial charge in [0, 0.05) is 0 Å². The fourth-order valence-corrected chi connectivity index (χ4v) is 1.71. The Labute approximate surface area is 62.5 Å². The molecule has 0 radical (unpaired) electrons. The van der Waals surface area contributed by atoms with Gasteiger partial charge in [-0.15, -0.1) is 16.4 Å². The van der Waals surface area contributed by atoms with Crippen LogP contribution in [0.1, 0.15) is 5.56 Å². The Morgan fingerprint density at radius 3 is 3.20 bits per heavy atom. The van der Waals surface area contributed by atoms with Gasteiger partial charge in [0.15, 0.2) is 0 Å². The topological polar surface area (TPSA) is 25.8 Å². The summed E-state index contributed by atoms with van der Waals surface area (Å²) in [5.74, 6) is 0. The van der Waals surface area contributed by atoms with Crippen LogP contribution in [0.2, 0.25) is 0 Å². The number of nitrogens with zero attached hydrogens (tertiary/aromatic N) is 2. The number of aromatic nitrogens is 2. The zero-order valence-electron chi connectivity index (χ0n) is 5.53. The standard InChI is InChI=1S/C7H6N2S/c1-5-4-8-9-6-2-3-10-7(5)6/h2-4H,1H3. The Balaban J connectivity index is 2.95. The van der Waals surface area contributed by atoms with E-state index in [-0.39, 0.29) is 0 Å². The Bertz CT molecular complexity index is 353. The van der Waals surface area contributed by atoms with E-state index in [1.807, 2.05) is 18.4 Å². The predicted molar refractivity (Wildman–Crippen MR) is 42.2 cm³/mol. The smallest absolute Gasteiger partial charge is 0.104 e. The van der Waals surface area contributed by atoms with Crippen LogP contribution in [0.4, 0.5) is 0 Å².